The molecule has 1 aromatic carbocycles. The van der Waals surface area contributed by atoms with Crippen LogP contribution >= 0.6 is 23.2 Å². The Morgan fingerprint density at radius 1 is 1.23 bits per heavy atom. The molecule has 0 saturated carbocycles. The average Bonchev–Trinajstić information content (AvgIpc) is 3.32. The molecule has 30 heavy (non-hydrogen) atoms. The molecule has 5 rings (SSSR count). The van der Waals surface area contributed by atoms with Crippen LogP contribution in [0.15, 0.2) is 24.5 Å². The fourth-order valence-electron chi connectivity index (χ4n) is 4.85. The number of anilines is 1. The van der Waals surface area contributed by atoms with Crippen molar-refractivity contribution in [2.75, 3.05) is 24.6 Å². The molecule has 0 aliphatic carbocycles. The van der Waals surface area contributed by atoms with Crippen molar-refractivity contribution in [3.63, 3.8) is 0 Å². The molecule has 7 nitrogen and oxygen atoms in total. The first kappa shape index (κ1) is 20.0. The monoisotopic (exact) mass is 446 g/mol. The number of ether oxygens (including phenoxy) is 1. The van der Waals surface area contributed by atoms with Crippen LogP contribution < -0.4 is 10.6 Å². The number of benzene rings is 1. The number of aryl methyl sites for hydroxylation is 1. The van der Waals surface area contributed by atoms with Gasteiger partial charge >= 0.3 is 0 Å². The van der Waals surface area contributed by atoms with Crippen LogP contribution in [0.1, 0.15) is 25.5 Å². The fourth-order valence-corrected chi connectivity index (χ4v) is 5.24. The highest BCUT2D eigenvalue weighted by Gasteiger charge is 2.47. The standard InChI is InChI=1S/C21H24Cl2N6O/c1-12-17(14-4-3-5-15(22)16(14)23)29-11-25-27-20(29)19(26-12)28-8-6-21(7-9-28)10-30-13(2)18(21)24/h3-5,11,13,18H,6-10,24H2,1-2H3. The number of aromatic nitrogens is 4. The van der Waals surface area contributed by atoms with E-state index < -0.39 is 0 Å². The van der Waals surface area contributed by atoms with Gasteiger partial charge in [0.25, 0.3) is 0 Å². The minimum atomic E-state index is 0.0587. The molecule has 2 N–H and O–H groups in total. The molecule has 0 amide bonds. The van der Waals surface area contributed by atoms with Crippen molar-refractivity contribution in [2.45, 2.75) is 38.8 Å². The van der Waals surface area contributed by atoms with Crippen LogP contribution in [-0.2, 0) is 4.74 Å². The summed E-state index contributed by atoms with van der Waals surface area (Å²) in [6.45, 7) is 6.49. The van der Waals surface area contributed by atoms with Crippen molar-refractivity contribution < 1.29 is 4.74 Å². The largest absolute Gasteiger partial charge is 0.376 e. The summed E-state index contributed by atoms with van der Waals surface area (Å²) in [5.41, 5.74) is 9.74. The molecule has 4 heterocycles. The Bertz CT molecular complexity index is 1110. The number of piperidine rings is 1. The summed E-state index contributed by atoms with van der Waals surface area (Å²) in [6.07, 6.45) is 3.76. The highest BCUT2D eigenvalue weighted by Crippen LogP contribution is 2.43. The van der Waals surface area contributed by atoms with E-state index in [2.05, 4.69) is 22.0 Å². The van der Waals surface area contributed by atoms with E-state index >= 15 is 0 Å². The van der Waals surface area contributed by atoms with Crippen LogP contribution in [0.3, 0.4) is 0 Å². The predicted molar refractivity (Wildman–Crippen MR) is 118 cm³/mol. The second kappa shape index (κ2) is 7.34. The molecule has 2 fully saturated rings. The van der Waals surface area contributed by atoms with Crippen LogP contribution in [0.5, 0.6) is 0 Å². The summed E-state index contributed by atoms with van der Waals surface area (Å²) in [6, 6.07) is 5.67. The third-order valence-electron chi connectivity index (χ3n) is 6.72. The zero-order valence-corrected chi connectivity index (χ0v) is 18.5. The van der Waals surface area contributed by atoms with Gasteiger partial charge in [-0.3, -0.25) is 4.40 Å². The maximum absolute atomic E-state index is 6.50. The first-order chi connectivity index (χ1) is 14.4. The number of hydrogen-bond donors (Lipinski definition) is 1. The molecule has 2 aromatic heterocycles. The van der Waals surface area contributed by atoms with Gasteiger partial charge in [-0.2, -0.15) is 0 Å². The van der Waals surface area contributed by atoms with Gasteiger partial charge in [0.2, 0.25) is 5.65 Å². The molecule has 0 radical (unpaired) electrons. The molecule has 0 bridgehead atoms. The lowest BCUT2D eigenvalue weighted by Crippen LogP contribution is -2.50. The van der Waals surface area contributed by atoms with Gasteiger partial charge < -0.3 is 15.4 Å². The lowest BCUT2D eigenvalue weighted by Gasteiger charge is -2.41. The topological polar surface area (TPSA) is 81.6 Å². The molecule has 9 heteroatoms. The number of fused-ring (bicyclic) bond motifs is 1. The Morgan fingerprint density at radius 3 is 2.70 bits per heavy atom. The molecule has 1 spiro atoms. The van der Waals surface area contributed by atoms with E-state index in [4.69, 9.17) is 38.7 Å². The molecule has 2 unspecified atom stereocenters. The Balaban J connectivity index is 1.52. The van der Waals surface area contributed by atoms with Crippen LogP contribution in [0.4, 0.5) is 5.82 Å². The van der Waals surface area contributed by atoms with Crippen molar-refractivity contribution >= 4 is 34.7 Å². The van der Waals surface area contributed by atoms with Crippen LogP contribution in [0, 0.1) is 12.3 Å². The van der Waals surface area contributed by atoms with Crippen LogP contribution in [0.2, 0.25) is 10.0 Å². The maximum Gasteiger partial charge on any atom is 0.204 e. The summed E-state index contributed by atoms with van der Waals surface area (Å²) in [7, 11) is 0. The van der Waals surface area contributed by atoms with Crippen molar-refractivity contribution in [3.05, 3.63) is 40.3 Å². The molecular formula is C21H24Cl2N6O. The molecule has 2 saturated heterocycles. The normalized spacial score (nSPS) is 23.6. The van der Waals surface area contributed by atoms with E-state index in [0.29, 0.717) is 15.7 Å². The average molecular weight is 447 g/mol. The summed E-state index contributed by atoms with van der Waals surface area (Å²) in [5, 5.41) is 9.53. The lowest BCUT2D eigenvalue weighted by atomic mass is 9.73. The first-order valence-corrected chi connectivity index (χ1v) is 10.9. The van der Waals surface area contributed by atoms with Gasteiger partial charge in [-0.25, -0.2) is 4.98 Å². The summed E-state index contributed by atoms with van der Waals surface area (Å²) >= 11 is 12.8. The Labute approximate surface area is 185 Å². The van der Waals surface area contributed by atoms with Gasteiger partial charge in [0.15, 0.2) is 5.82 Å². The van der Waals surface area contributed by atoms with E-state index in [0.717, 1.165) is 55.3 Å². The molecule has 2 aliphatic heterocycles. The van der Waals surface area contributed by atoms with E-state index in [1.807, 2.05) is 23.5 Å². The smallest absolute Gasteiger partial charge is 0.204 e. The van der Waals surface area contributed by atoms with Gasteiger partial charge in [0.05, 0.1) is 34.1 Å². The molecule has 3 aromatic rings. The van der Waals surface area contributed by atoms with E-state index in [1.54, 1.807) is 12.4 Å². The summed E-state index contributed by atoms with van der Waals surface area (Å²) in [5.74, 6) is 0.835. The zero-order chi connectivity index (χ0) is 21.0. The first-order valence-electron chi connectivity index (χ1n) is 10.2. The van der Waals surface area contributed by atoms with Gasteiger partial charge in [-0.1, -0.05) is 35.3 Å². The Hall–Kier alpha value is -1.93. The van der Waals surface area contributed by atoms with Crippen molar-refractivity contribution in [1.29, 1.82) is 0 Å². The number of hydrogen-bond acceptors (Lipinski definition) is 6. The minimum absolute atomic E-state index is 0.0587. The number of rotatable bonds is 2. The Kier molecular flexibility index (Phi) is 4.89. The maximum atomic E-state index is 6.50. The summed E-state index contributed by atoms with van der Waals surface area (Å²) in [4.78, 5) is 7.21. The van der Waals surface area contributed by atoms with E-state index in [-0.39, 0.29) is 17.6 Å². The summed E-state index contributed by atoms with van der Waals surface area (Å²) < 4.78 is 7.80. The highest BCUT2D eigenvalue weighted by molar-refractivity contribution is 6.43. The van der Waals surface area contributed by atoms with Gasteiger partial charge in [0.1, 0.15) is 6.33 Å². The number of nitrogens with two attached hydrogens (primary N) is 1. The van der Waals surface area contributed by atoms with E-state index in [1.165, 1.54) is 0 Å². The second-order valence-corrected chi connectivity index (χ2v) is 9.17. The van der Waals surface area contributed by atoms with Gasteiger partial charge in [-0.15, -0.1) is 10.2 Å². The van der Waals surface area contributed by atoms with Crippen LogP contribution in [-0.4, -0.2) is 51.4 Å². The molecule has 2 aliphatic rings. The fraction of sp³-hybridized carbons (Fsp3) is 0.476. The minimum Gasteiger partial charge on any atom is -0.376 e. The number of halogens is 2. The SMILES string of the molecule is Cc1nc(N2CCC3(CC2)COC(C)C3N)c2nncn2c1-c1cccc(Cl)c1Cl. The van der Waals surface area contributed by atoms with Crippen LogP contribution in [0.25, 0.3) is 16.9 Å². The quantitative estimate of drug-likeness (QED) is 0.645. The lowest BCUT2D eigenvalue weighted by molar-refractivity contribution is 0.0974. The van der Waals surface area contributed by atoms with E-state index in [9.17, 15) is 0 Å². The second-order valence-electron chi connectivity index (χ2n) is 8.39. The number of nitrogens with zero attached hydrogens (tertiary/aromatic N) is 5. The van der Waals surface area contributed by atoms with Crippen molar-refractivity contribution in [3.8, 4) is 11.3 Å². The van der Waals surface area contributed by atoms with Gasteiger partial charge in [0, 0.05) is 30.1 Å². The predicted octanol–water partition coefficient (Wildman–Crippen LogP) is 3.74. The Morgan fingerprint density at radius 2 is 2.00 bits per heavy atom. The van der Waals surface area contributed by atoms with Crippen molar-refractivity contribution in [1.82, 2.24) is 19.6 Å². The third-order valence-corrected chi connectivity index (χ3v) is 7.54. The third kappa shape index (κ3) is 2.99. The zero-order valence-electron chi connectivity index (χ0n) is 17.0. The molecule has 158 valence electrons. The highest BCUT2D eigenvalue weighted by atomic mass is 35.5. The molecular weight excluding hydrogens is 423 g/mol. The molecule has 2 atom stereocenters. The van der Waals surface area contributed by atoms with Gasteiger partial charge in [-0.05, 0) is 32.8 Å². The van der Waals surface area contributed by atoms with Crippen molar-refractivity contribution in [2.24, 2.45) is 11.1 Å².